The molecule has 18 heavy (non-hydrogen) atoms. The number of aromatic hydroxyl groups is 1. The van der Waals surface area contributed by atoms with Crippen LogP contribution in [0.25, 0.3) is 0 Å². The highest BCUT2D eigenvalue weighted by atomic mass is 35.5. The number of phenols is 1. The quantitative estimate of drug-likeness (QED) is 0.876. The molecule has 0 heterocycles. The first-order valence-corrected chi connectivity index (χ1v) is 5.88. The van der Waals surface area contributed by atoms with Crippen LogP contribution in [0, 0.1) is 0 Å². The third-order valence-electron chi connectivity index (χ3n) is 2.32. The minimum atomic E-state index is -0.345. The molecule has 92 valence electrons. The summed E-state index contributed by atoms with van der Waals surface area (Å²) in [6.07, 6.45) is 0. The molecule has 2 aromatic carbocycles. The molecule has 0 atom stereocenters. The molecule has 1 amide bonds. The van der Waals surface area contributed by atoms with Gasteiger partial charge in [-0.1, -0.05) is 35.3 Å². The Morgan fingerprint density at radius 3 is 2.44 bits per heavy atom. The van der Waals surface area contributed by atoms with Crippen molar-refractivity contribution in [2.75, 3.05) is 5.32 Å². The minimum Gasteiger partial charge on any atom is -0.506 e. The first-order valence-electron chi connectivity index (χ1n) is 5.12. The second kappa shape index (κ2) is 5.29. The Bertz CT molecular complexity index is 599. The summed E-state index contributed by atoms with van der Waals surface area (Å²) in [7, 11) is 0. The molecule has 0 fully saturated rings. The number of carbonyl (C=O) groups is 1. The van der Waals surface area contributed by atoms with Crippen LogP contribution in [0.5, 0.6) is 5.75 Å². The largest absolute Gasteiger partial charge is 0.506 e. The third kappa shape index (κ3) is 2.75. The van der Waals surface area contributed by atoms with Crippen molar-refractivity contribution >= 4 is 34.8 Å². The van der Waals surface area contributed by atoms with E-state index in [1.165, 1.54) is 12.1 Å². The van der Waals surface area contributed by atoms with Crippen molar-refractivity contribution in [3.05, 3.63) is 58.1 Å². The molecule has 0 aliphatic heterocycles. The first-order chi connectivity index (χ1) is 8.58. The van der Waals surface area contributed by atoms with E-state index in [0.717, 1.165) is 0 Å². The molecule has 0 unspecified atom stereocenters. The Morgan fingerprint density at radius 1 is 1.06 bits per heavy atom. The lowest BCUT2D eigenvalue weighted by molar-refractivity contribution is 0.102. The zero-order valence-electron chi connectivity index (χ0n) is 9.15. The highest BCUT2D eigenvalue weighted by Crippen LogP contribution is 2.26. The summed E-state index contributed by atoms with van der Waals surface area (Å²) in [6, 6.07) is 11.2. The van der Waals surface area contributed by atoms with Gasteiger partial charge in [-0.15, -0.1) is 0 Å². The zero-order valence-corrected chi connectivity index (χ0v) is 10.7. The maximum absolute atomic E-state index is 11.9. The van der Waals surface area contributed by atoms with E-state index in [-0.39, 0.29) is 16.7 Å². The molecule has 0 saturated heterocycles. The summed E-state index contributed by atoms with van der Waals surface area (Å²) >= 11 is 11.6. The lowest BCUT2D eigenvalue weighted by Gasteiger charge is -2.07. The summed E-state index contributed by atoms with van der Waals surface area (Å²) in [5.41, 5.74) is 0.815. The fourth-order valence-corrected chi connectivity index (χ4v) is 1.77. The van der Waals surface area contributed by atoms with Crippen LogP contribution in [0.1, 0.15) is 10.4 Å². The van der Waals surface area contributed by atoms with Crippen LogP contribution in [0.2, 0.25) is 10.0 Å². The van der Waals surface area contributed by atoms with Crippen LogP contribution in [-0.2, 0) is 0 Å². The van der Waals surface area contributed by atoms with Gasteiger partial charge in [-0.25, -0.2) is 0 Å². The summed E-state index contributed by atoms with van der Waals surface area (Å²) < 4.78 is 0. The smallest absolute Gasteiger partial charge is 0.257 e. The molecule has 0 spiro atoms. The Kier molecular flexibility index (Phi) is 3.75. The van der Waals surface area contributed by atoms with Crippen LogP contribution in [-0.4, -0.2) is 11.0 Å². The van der Waals surface area contributed by atoms with Crippen molar-refractivity contribution in [2.45, 2.75) is 0 Å². The Labute approximate surface area is 114 Å². The number of halogens is 2. The fourth-order valence-electron chi connectivity index (χ4n) is 1.43. The maximum Gasteiger partial charge on any atom is 0.257 e. The third-order valence-corrected chi connectivity index (χ3v) is 2.97. The van der Waals surface area contributed by atoms with Crippen LogP contribution in [0.3, 0.4) is 0 Å². The van der Waals surface area contributed by atoms with Crippen molar-refractivity contribution in [2.24, 2.45) is 0 Å². The molecule has 2 rings (SSSR count). The van der Waals surface area contributed by atoms with E-state index in [0.29, 0.717) is 16.3 Å². The monoisotopic (exact) mass is 281 g/mol. The molecule has 0 aliphatic rings. The van der Waals surface area contributed by atoms with Crippen LogP contribution < -0.4 is 5.32 Å². The van der Waals surface area contributed by atoms with Gasteiger partial charge >= 0.3 is 0 Å². The van der Waals surface area contributed by atoms with Crippen LogP contribution in [0.4, 0.5) is 5.69 Å². The molecule has 3 nitrogen and oxygen atoms in total. The van der Waals surface area contributed by atoms with Crippen LogP contribution >= 0.6 is 23.2 Å². The number of hydrogen-bond acceptors (Lipinski definition) is 2. The Balaban J connectivity index is 2.22. The summed E-state index contributed by atoms with van der Waals surface area (Å²) in [4.78, 5) is 11.9. The molecule has 0 aromatic heterocycles. The lowest BCUT2D eigenvalue weighted by Crippen LogP contribution is -2.12. The molecular formula is C13H9Cl2NO2. The van der Waals surface area contributed by atoms with Crippen LogP contribution in [0.15, 0.2) is 42.5 Å². The molecule has 0 bridgehead atoms. The molecule has 5 heteroatoms. The molecule has 2 aromatic rings. The Morgan fingerprint density at radius 2 is 1.78 bits per heavy atom. The molecule has 2 N–H and O–H groups in total. The molecule has 0 saturated carbocycles. The number of rotatable bonds is 2. The van der Waals surface area contributed by atoms with Gasteiger partial charge in [0.25, 0.3) is 5.91 Å². The topological polar surface area (TPSA) is 49.3 Å². The SMILES string of the molecule is O=C(Nc1ccc(Cl)c(O)c1)c1ccccc1Cl. The molecule has 0 radical (unpaired) electrons. The number of nitrogens with one attached hydrogen (secondary N) is 1. The van der Waals surface area contributed by atoms with E-state index < -0.39 is 0 Å². The predicted octanol–water partition coefficient (Wildman–Crippen LogP) is 3.95. The summed E-state index contributed by atoms with van der Waals surface area (Å²) in [5.74, 6) is -0.434. The summed E-state index contributed by atoms with van der Waals surface area (Å²) in [5, 5.41) is 12.7. The number of amides is 1. The van der Waals surface area contributed by atoms with Gasteiger partial charge in [0.2, 0.25) is 0 Å². The van der Waals surface area contributed by atoms with Crippen molar-refractivity contribution in [3.63, 3.8) is 0 Å². The number of phenolic OH excluding ortho intramolecular Hbond substituents is 1. The first kappa shape index (κ1) is 12.7. The fraction of sp³-hybridized carbons (Fsp3) is 0. The van der Waals surface area contributed by atoms with Gasteiger partial charge < -0.3 is 10.4 Å². The average molecular weight is 282 g/mol. The number of anilines is 1. The van der Waals surface area contributed by atoms with Crippen molar-refractivity contribution < 1.29 is 9.90 Å². The number of benzene rings is 2. The van der Waals surface area contributed by atoms with Gasteiger partial charge in [0, 0.05) is 11.8 Å². The van der Waals surface area contributed by atoms with Gasteiger partial charge in [-0.3, -0.25) is 4.79 Å². The number of hydrogen-bond donors (Lipinski definition) is 2. The van der Waals surface area contributed by atoms with E-state index in [2.05, 4.69) is 5.32 Å². The van der Waals surface area contributed by atoms with E-state index in [9.17, 15) is 9.90 Å². The normalized spacial score (nSPS) is 10.1. The predicted molar refractivity (Wildman–Crippen MR) is 72.5 cm³/mol. The van der Waals surface area contributed by atoms with Crippen molar-refractivity contribution in [3.8, 4) is 5.75 Å². The van der Waals surface area contributed by atoms with Crippen molar-refractivity contribution in [1.29, 1.82) is 0 Å². The highest BCUT2D eigenvalue weighted by molar-refractivity contribution is 6.34. The van der Waals surface area contributed by atoms with E-state index in [1.807, 2.05) is 0 Å². The van der Waals surface area contributed by atoms with Crippen molar-refractivity contribution in [1.82, 2.24) is 0 Å². The second-order valence-electron chi connectivity index (χ2n) is 3.60. The minimum absolute atomic E-state index is 0.0892. The van der Waals surface area contributed by atoms with Gasteiger partial charge in [-0.2, -0.15) is 0 Å². The molecule has 0 aliphatic carbocycles. The lowest BCUT2D eigenvalue weighted by atomic mass is 10.2. The average Bonchev–Trinajstić information content (AvgIpc) is 2.34. The maximum atomic E-state index is 11.9. The van der Waals surface area contributed by atoms with E-state index >= 15 is 0 Å². The number of carbonyl (C=O) groups excluding carboxylic acids is 1. The highest BCUT2D eigenvalue weighted by Gasteiger charge is 2.10. The van der Waals surface area contributed by atoms with Gasteiger partial charge in [-0.05, 0) is 24.3 Å². The standard InChI is InChI=1S/C13H9Cl2NO2/c14-10-4-2-1-3-9(10)13(18)16-8-5-6-11(15)12(17)7-8/h1-7,17H,(H,16,18). The van der Waals surface area contributed by atoms with E-state index in [1.54, 1.807) is 30.3 Å². The van der Waals surface area contributed by atoms with Gasteiger partial charge in [0.15, 0.2) is 0 Å². The second-order valence-corrected chi connectivity index (χ2v) is 4.41. The Hall–Kier alpha value is -1.71. The van der Waals surface area contributed by atoms with Gasteiger partial charge in [0.05, 0.1) is 15.6 Å². The zero-order chi connectivity index (χ0) is 13.1. The summed E-state index contributed by atoms with van der Waals surface area (Å²) in [6.45, 7) is 0. The van der Waals surface area contributed by atoms with E-state index in [4.69, 9.17) is 23.2 Å². The van der Waals surface area contributed by atoms with Gasteiger partial charge in [0.1, 0.15) is 5.75 Å². The molecular weight excluding hydrogens is 273 g/mol.